The molecule has 1 spiro atoms. The molecule has 0 aromatic heterocycles. The van der Waals surface area contributed by atoms with Crippen molar-refractivity contribution in [3.05, 3.63) is 28.2 Å². The van der Waals surface area contributed by atoms with Gasteiger partial charge in [0, 0.05) is 36.2 Å². The quantitative estimate of drug-likeness (QED) is 0.625. The van der Waals surface area contributed by atoms with Gasteiger partial charge in [0.05, 0.1) is 12.1 Å². The first kappa shape index (κ1) is 21.4. The molecule has 1 aliphatic heterocycles. The second-order valence-electron chi connectivity index (χ2n) is 9.52. The molecule has 0 N–H and O–H groups in total. The molecule has 0 bridgehead atoms. The Morgan fingerprint density at radius 3 is 2.57 bits per heavy atom. The zero-order valence-electron chi connectivity index (χ0n) is 17.8. The van der Waals surface area contributed by atoms with Crippen molar-refractivity contribution in [3.63, 3.8) is 0 Å². The maximum absolute atomic E-state index is 12.6. The Labute approximate surface area is 177 Å². The lowest BCUT2D eigenvalue weighted by Crippen LogP contribution is -2.57. The van der Waals surface area contributed by atoms with Gasteiger partial charge < -0.3 is 9.47 Å². The third kappa shape index (κ3) is 5.41. The Bertz CT molecular complexity index is 710. The minimum Gasteiger partial charge on any atom is -0.493 e. The van der Waals surface area contributed by atoms with Gasteiger partial charge >= 0.3 is 6.09 Å². The van der Waals surface area contributed by atoms with E-state index in [9.17, 15) is 4.79 Å². The van der Waals surface area contributed by atoms with Gasteiger partial charge in [0.2, 0.25) is 0 Å². The lowest BCUT2D eigenvalue weighted by molar-refractivity contribution is -0.00820. The van der Waals surface area contributed by atoms with E-state index in [-0.39, 0.29) is 11.6 Å². The van der Waals surface area contributed by atoms with Crippen LogP contribution in [0.3, 0.4) is 0 Å². The van der Waals surface area contributed by atoms with Crippen LogP contribution in [0.15, 0.2) is 22.7 Å². The molecule has 1 saturated heterocycles. The zero-order valence-corrected chi connectivity index (χ0v) is 19.3. The fraction of sp³-hybridized carbons (Fsp3) is 0.682. The highest BCUT2D eigenvalue weighted by Gasteiger charge is 2.54. The largest absolute Gasteiger partial charge is 0.493 e. The summed E-state index contributed by atoms with van der Waals surface area (Å²) in [6.45, 7) is 14.1. The lowest BCUT2D eigenvalue weighted by atomic mass is 10.1. The van der Waals surface area contributed by atoms with E-state index in [2.05, 4.69) is 52.9 Å². The Balaban J connectivity index is 1.66. The number of carbonyl (C=O) groups is 1. The minimum atomic E-state index is -0.454. The molecule has 6 heteroatoms. The van der Waals surface area contributed by atoms with Crippen molar-refractivity contribution in [2.75, 3.05) is 26.2 Å². The summed E-state index contributed by atoms with van der Waals surface area (Å²) in [6, 6.07) is 6.27. The number of piperazine rings is 1. The maximum Gasteiger partial charge on any atom is 0.410 e. The smallest absolute Gasteiger partial charge is 0.410 e. The number of amides is 1. The van der Waals surface area contributed by atoms with Crippen molar-refractivity contribution < 1.29 is 14.3 Å². The average Bonchev–Trinajstić information content (AvgIpc) is 3.32. The number of hydrogen-bond acceptors (Lipinski definition) is 4. The number of ether oxygens (including phenoxy) is 2. The summed E-state index contributed by atoms with van der Waals surface area (Å²) < 4.78 is 12.7. The van der Waals surface area contributed by atoms with Gasteiger partial charge in [0.1, 0.15) is 11.4 Å². The molecule has 5 nitrogen and oxygen atoms in total. The molecular formula is C22H33BrN2O3. The summed E-state index contributed by atoms with van der Waals surface area (Å²) >= 11 is 3.55. The van der Waals surface area contributed by atoms with Crippen molar-refractivity contribution in [2.24, 2.45) is 5.92 Å². The highest BCUT2D eigenvalue weighted by molar-refractivity contribution is 9.10. The first-order valence-corrected chi connectivity index (χ1v) is 11.0. The van der Waals surface area contributed by atoms with Crippen LogP contribution in [0.1, 0.15) is 53.0 Å². The van der Waals surface area contributed by atoms with Crippen LogP contribution in [-0.2, 0) is 11.3 Å². The van der Waals surface area contributed by atoms with E-state index in [4.69, 9.17) is 9.47 Å². The number of carbonyl (C=O) groups excluding carboxylic acids is 1. The molecule has 1 amide bonds. The Morgan fingerprint density at radius 1 is 1.25 bits per heavy atom. The molecule has 1 heterocycles. The molecule has 1 saturated carbocycles. The molecule has 1 aromatic rings. The van der Waals surface area contributed by atoms with Gasteiger partial charge in [-0.15, -0.1) is 0 Å². The summed E-state index contributed by atoms with van der Waals surface area (Å²) in [6.07, 6.45) is 1.94. The van der Waals surface area contributed by atoms with E-state index in [1.165, 1.54) is 5.56 Å². The number of benzene rings is 1. The van der Waals surface area contributed by atoms with Crippen molar-refractivity contribution in [1.29, 1.82) is 0 Å². The van der Waals surface area contributed by atoms with Gasteiger partial charge in [-0.2, -0.15) is 0 Å². The first-order chi connectivity index (χ1) is 13.1. The van der Waals surface area contributed by atoms with E-state index >= 15 is 0 Å². The standard InChI is InChI=1S/C22H33BrN2O3/c1-16(2)14-27-19-12-18(23)7-6-17(19)13-24-10-11-25(22(15-24)8-9-22)20(26)28-21(3,4)5/h6-7,12,16H,8-11,13-15H2,1-5H3. The predicted octanol–water partition coefficient (Wildman–Crippen LogP) is 5.07. The SMILES string of the molecule is CC(C)COc1cc(Br)ccc1CN1CCN(C(=O)OC(C)(C)C)C2(CC2)C1. The second-order valence-corrected chi connectivity index (χ2v) is 10.4. The van der Waals surface area contributed by atoms with Crippen LogP contribution in [0.4, 0.5) is 4.79 Å². The van der Waals surface area contributed by atoms with Crippen molar-refractivity contribution in [3.8, 4) is 5.75 Å². The predicted molar refractivity (Wildman–Crippen MR) is 115 cm³/mol. The van der Waals surface area contributed by atoms with E-state index in [1.807, 2.05) is 25.7 Å². The second kappa shape index (κ2) is 8.23. The molecule has 28 heavy (non-hydrogen) atoms. The van der Waals surface area contributed by atoms with Crippen LogP contribution < -0.4 is 4.74 Å². The summed E-state index contributed by atoms with van der Waals surface area (Å²) in [5, 5.41) is 0. The lowest BCUT2D eigenvalue weighted by Gasteiger charge is -2.42. The van der Waals surface area contributed by atoms with Gasteiger partial charge in [-0.3, -0.25) is 9.80 Å². The maximum atomic E-state index is 12.6. The van der Waals surface area contributed by atoms with Crippen LogP contribution in [0.5, 0.6) is 5.75 Å². The fourth-order valence-electron chi connectivity index (χ4n) is 3.66. The number of hydrogen-bond donors (Lipinski definition) is 0. The highest BCUT2D eigenvalue weighted by Crippen LogP contribution is 2.45. The average molecular weight is 453 g/mol. The van der Waals surface area contributed by atoms with E-state index in [0.29, 0.717) is 19.1 Å². The van der Waals surface area contributed by atoms with Gasteiger partial charge in [-0.1, -0.05) is 35.8 Å². The molecule has 156 valence electrons. The Morgan fingerprint density at radius 2 is 1.96 bits per heavy atom. The Kier molecular flexibility index (Phi) is 6.30. The molecular weight excluding hydrogens is 420 g/mol. The number of nitrogens with zero attached hydrogens (tertiary/aromatic N) is 2. The number of halogens is 1. The van der Waals surface area contributed by atoms with Gasteiger partial charge in [-0.25, -0.2) is 4.79 Å². The van der Waals surface area contributed by atoms with Gasteiger partial charge in [-0.05, 0) is 51.7 Å². The van der Waals surface area contributed by atoms with Crippen LogP contribution in [0.25, 0.3) is 0 Å². The van der Waals surface area contributed by atoms with Crippen molar-refractivity contribution in [2.45, 2.75) is 65.1 Å². The Hall–Kier alpha value is -1.27. The fourth-order valence-corrected chi connectivity index (χ4v) is 4.00. The highest BCUT2D eigenvalue weighted by atomic mass is 79.9. The molecule has 3 rings (SSSR count). The van der Waals surface area contributed by atoms with Crippen molar-refractivity contribution >= 4 is 22.0 Å². The number of rotatable bonds is 5. The first-order valence-electron chi connectivity index (χ1n) is 10.2. The van der Waals surface area contributed by atoms with Gasteiger partial charge in [0.25, 0.3) is 0 Å². The minimum absolute atomic E-state index is 0.0467. The molecule has 1 aromatic carbocycles. The molecule has 0 atom stereocenters. The summed E-state index contributed by atoms with van der Waals surface area (Å²) in [5.74, 6) is 1.43. The third-order valence-electron chi connectivity index (χ3n) is 5.17. The van der Waals surface area contributed by atoms with Gasteiger partial charge in [0.15, 0.2) is 0 Å². The molecule has 0 radical (unpaired) electrons. The molecule has 2 fully saturated rings. The third-order valence-corrected chi connectivity index (χ3v) is 5.66. The normalized spacial score (nSPS) is 19.2. The van der Waals surface area contributed by atoms with Crippen LogP contribution in [0, 0.1) is 5.92 Å². The summed E-state index contributed by atoms with van der Waals surface area (Å²) in [4.78, 5) is 17.0. The topological polar surface area (TPSA) is 42.0 Å². The van der Waals surface area contributed by atoms with Crippen molar-refractivity contribution in [1.82, 2.24) is 9.80 Å². The zero-order chi connectivity index (χ0) is 20.5. The van der Waals surface area contributed by atoms with E-state index < -0.39 is 5.60 Å². The molecule has 2 aliphatic rings. The van der Waals surface area contributed by atoms with Crippen LogP contribution >= 0.6 is 15.9 Å². The monoisotopic (exact) mass is 452 g/mol. The molecule has 0 unspecified atom stereocenters. The van der Waals surface area contributed by atoms with E-state index in [0.717, 1.165) is 42.7 Å². The van der Waals surface area contributed by atoms with E-state index in [1.54, 1.807) is 0 Å². The summed E-state index contributed by atoms with van der Waals surface area (Å²) in [5.41, 5.74) is 0.699. The molecule has 1 aliphatic carbocycles. The van der Waals surface area contributed by atoms with Crippen LogP contribution in [0.2, 0.25) is 0 Å². The van der Waals surface area contributed by atoms with Crippen LogP contribution in [-0.4, -0.2) is 53.3 Å². The summed E-state index contributed by atoms with van der Waals surface area (Å²) in [7, 11) is 0.